The van der Waals surface area contributed by atoms with E-state index in [0.29, 0.717) is 23.6 Å². The first-order chi connectivity index (χ1) is 14.9. The molecule has 0 spiro atoms. The predicted molar refractivity (Wildman–Crippen MR) is 113 cm³/mol. The van der Waals surface area contributed by atoms with Gasteiger partial charge in [0.15, 0.2) is 6.61 Å². The standard InChI is InChI=1S/C20H18BrN3O6S/c21-16-7-6-15(12-17(16)31(26,27)24-8-10-28-11-9-24)20(25)29-13-18-22-23-19(30-18)14-4-2-1-3-5-14/h1-7,12H,8-11,13H2. The lowest BCUT2D eigenvalue weighted by Gasteiger charge is -2.26. The molecule has 0 saturated carbocycles. The maximum atomic E-state index is 13.0. The Morgan fingerprint density at radius 3 is 2.58 bits per heavy atom. The highest BCUT2D eigenvalue weighted by Crippen LogP contribution is 2.27. The van der Waals surface area contributed by atoms with E-state index < -0.39 is 16.0 Å². The summed E-state index contributed by atoms with van der Waals surface area (Å²) in [5.41, 5.74) is 0.844. The Kier molecular flexibility index (Phi) is 6.46. The molecule has 0 amide bonds. The molecule has 1 saturated heterocycles. The van der Waals surface area contributed by atoms with Crippen LogP contribution in [0.25, 0.3) is 11.5 Å². The number of hydrogen-bond acceptors (Lipinski definition) is 8. The van der Waals surface area contributed by atoms with Crippen LogP contribution in [0.3, 0.4) is 0 Å². The van der Waals surface area contributed by atoms with Crippen molar-refractivity contribution in [3.8, 4) is 11.5 Å². The molecule has 3 aromatic rings. The topological polar surface area (TPSA) is 112 Å². The normalized spacial score (nSPS) is 15.0. The molecular formula is C20H18BrN3O6S. The molecule has 0 aliphatic carbocycles. The number of rotatable bonds is 6. The van der Waals surface area contributed by atoms with Crippen LogP contribution >= 0.6 is 15.9 Å². The number of benzene rings is 2. The van der Waals surface area contributed by atoms with Gasteiger partial charge in [0, 0.05) is 23.1 Å². The van der Waals surface area contributed by atoms with Crippen molar-refractivity contribution in [1.29, 1.82) is 0 Å². The van der Waals surface area contributed by atoms with Gasteiger partial charge in [-0.05, 0) is 46.3 Å². The van der Waals surface area contributed by atoms with Crippen molar-refractivity contribution in [1.82, 2.24) is 14.5 Å². The van der Waals surface area contributed by atoms with E-state index in [1.807, 2.05) is 30.3 Å². The number of nitrogens with zero attached hydrogens (tertiary/aromatic N) is 3. The third kappa shape index (κ3) is 4.85. The SMILES string of the molecule is O=C(OCc1nnc(-c2ccccc2)o1)c1ccc(Br)c(S(=O)(=O)N2CCOCC2)c1. The van der Waals surface area contributed by atoms with Gasteiger partial charge >= 0.3 is 5.97 Å². The highest BCUT2D eigenvalue weighted by molar-refractivity contribution is 9.10. The molecule has 1 fully saturated rings. The van der Waals surface area contributed by atoms with E-state index in [9.17, 15) is 13.2 Å². The number of aromatic nitrogens is 2. The predicted octanol–water partition coefficient (Wildman–Crippen LogP) is 2.88. The summed E-state index contributed by atoms with van der Waals surface area (Å²) < 4.78 is 43.6. The summed E-state index contributed by atoms with van der Waals surface area (Å²) in [4.78, 5) is 12.5. The van der Waals surface area contributed by atoms with Crippen LogP contribution < -0.4 is 0 Å². The second-order valence-corrected chi connectivity index (χ2v) is 9.37. The van der Waals surface area contributed by atoms with Crippen LogP contribution in [0.1, 0.15) is 16.2 Å². The molecule has 2 heterocycles. The summed E-state index contributed by atoms with van der Waals surface area (Å²) in [6.07, 6.45) is 0. The van der Waals surface area contributed by atoms with E-state index in [-0.39, 0.29) is 36.0 Å². The van der Waals surface area contributed by atoms with Gasteiger partial charge in [-0.15, -0.1) is 10.2 Å². The molecule has 31 heavy (non-hydrogen) atoms. The second-order valence-electron chi connectivity index (χ2n) is 6.60. The van der Waals surface area contributed by atoms with Crippen LogP contribution in [0, 0.1) is 0 Å². The van der Waals surface area contributed by atoms with Gasteiger partial charge in [-0.2, -0.15) is 4.31 Å². The van der Waals surface area contributed by atoms with Crippen molar-refractivity contribution < 1.29 is 27.1 Å². The Labute approximate surface area is 187 Å². The molecule has 9 nitrogen and oxygen atoms in total. The highest BCUT2D eigenvalue weighted by Gasteiger charge is 2.29. The first-order valence-corrected chi connectivity index (χ1v) is 11.6. The van der Waals surface area contributed by atoms with E-state index >= 15 is 0 Å². The molecule has 0 radical (unpaired) electrons. The Bertz CT molecular complexity index is 1180. The highest BCUT2D eigenvalue weighted by atomic mass is 79.9. The molecule has 2 aromatic carbocycles. The number of halogens is 1. The van der Waals surface area contributed by atoms with Crippen molar-refractivity contribution in [2.24, 2.45) is 0 Å². The Balaban J connectivity index is 1.47. The summed E-state index contributed by atoms with van der Waals surface area (Å²) >= 11 is 3.26. The van der Waals surface area contributed by atoms with Crippen LogP contribution in [-0.4, -0.2) is 55.2 Å². The van der Waals surface area contributed by atoms with E-state index in [1.54, 1.807) is 0 Å². The van der Waals surface area contributed by atoms with Gasteiger partial charge in [0.25, 0.3) is 5.89 Å². The number of carbonyl (C=O) groups is 1. The Morgan fingerprint density at radius 1 is 1.10 bits per heavy atom. The summed E-state index contributed by atoms with van der Waals surface area (Å²) in [6, 6.07) is 13.5. The number of morpholine rings is 1. The van der Waals surface area contributed by atoms with Crippen LogP contribution in [-0.2, 0) is 26.1 Å². The van der Waals surface area contributed by atoms with Gasteiger partial charge in [-0.3, -0.25) is 0 Å². The molecule has 1 aromatic heterocycles. The molecule has 1 aliphatic heterocycles. The summed E-state index contributed by atoms with van der Waals surface area (Å²) in [7, 11) is -3.79. The smallest absolute Gasteiger partial charge is 0.338 e. The Hall–Kier alpha value is -2.60. The van der Waals surface area contributed by atoms with Crippen LogP contribution in [0.4, 0.5) is 0 Å². The largest absolute Gasteiger partial charge is 0.452 e. The molecule has 162 valence electrons. The van der Waals surface area contributed by atoms with Crippen molar-refractivity contribution in [3.05, 3.63) is 64.5 Å². The quantitative estimate of drug-likeness (QED) is 0.468. The van der Waals surface area contributed by atoms with E-state index in [1.165, 1.54) is 22.5 Å². The number of sulfonamides is 1. The monoisotopic (exact) mass is 507 g/mol. The lowest BCUT2D eigenvalue weighted by atomic mass is 10.2. The molecule has 0 N–H and O–H groups in total. The summed E-state index contributed by atoms with van der Waals surface area (Å²) in [5.74, 6) is -0.259. The zero-order chi connectivity index (χ0) is 21.8. The third-order valence-electron chi connectivity index (χ3n) is 4.57. The minimum Gasteiger partial charge on any atom is -0.452 e. The lowest BCUT2D eigenvalue weighted by molar-refractivity contribution is 0.0438. The van der Waals surface area contributed by atoms with E-state index in [4.69, 9.17) is 13.9 Å². The molecule has 0 atom stereocenters. The van der Waals surface area contributed by atoms with Crippen molar-refractivity contribution >= 4 is 31.9 Å². The second kappa shape index (κ2) is 9.27. The molecular weight excluding hydrogens is 490 g/mol. The van der Waals surface area contributed by atoms with Crippen molar-refractivity contribution in [2.75, 3.05) is 26.3 Å². The fourth-order valence-corrected chi connectivity index (χ4v) is 5.33. The number of ether oxygens (including phenoxy) is 2. The van der Waals surface area contributed by atoms with E-state index in [2.05, 4.69) is 26.1 Å². The van der Waals surface area contributed by atoms with Crippen LogP contribution in [0.5, 0.6) is 0 Å². The minimum atomic E-state index is -3.79. The number of hydrogen-bond donors (Lipinski definition) is 0. The van der Waals surface area contributed by atoms with Crippen LogP contribution in [0.15, 0.2) is 62.3 Å². The first-order valence-electron chi connectivity index (χ1n) is 9.37. The van der Waals surface area contributed by atoms with Gasteiger partial charge in [0.1, 0.15) is 0 Å². The average Bonchev–Trinajstić information content (AvgIpc) is 3.28. The minimum absolute atomic E-state index is 0.00648. The van der Waals surface area contributed by atoms with Gasteiger partial charge in [-0.1, -0.05) is 18.2 Å². The van der Waals surface area contributed by atoms with Gasteiger partial charge in [0.2, 0.25) is 15.9 Å². The molecule has 11 heteroatoms. The average molecular weight is 508 g/mol. The van der Waals surface area contributed by atoms with E-state index in [0.717, 1.165) is 5.56 Å². The maximum Gasteiger partial charge on any atom is 0.338 e. The van der Waals surface area contributed by atoms with Crippen LogP contribution in [0.2, 0.25) is 0 Å². The third-order valence-corrected chi connectivity index (χ3v) is 7.46. The van der Waals surface area contributed by atoms with Gasteiger partial charge in [-0.25, -0.2) is 13.2 Å². The maximum absolute atomic E-state index is 13.0. The summed E-state index contributed by atoms with van der Waals surface area (Å²) in [6.45, 7) is 0.927. The molecule has 0 unspecified atom stereocenters. The molecule has 0 bridgehead atoms. The van der Waals surface area contributed by atoms with Gasteiger partial charge in [0.05, 0.1) is 23.7 Å². The van der Waals surface area contributed by atoms with Crippen molar-refractivity contribution in [2.45, 2.75) is 11.5 Å². The molecule has 1 aliphatic rings. The first kappa shape index (κ1) is 21.6. The number of esters is 1. The Morgan fingerprint density at radius 2 is 1.84 bits per heavy atom. The zero-order valence-corrected chi connectivity index (χ0v) is 18.6. The molecule has 4 rings (SSSR count). The summed E-state index contributed by atoms with van der Waals surface area (Å²) in [5, 5.41) is 7.81. The lowest BCUT2D eigenvalue weighted by Crippen LogP contribution is -2.40. The van der Waals surface area contributed by atoms with Crippen molar-refractivity contribution in [3.63, 3.8) is 0 Å². The fourth-order valence-electron chi connectivity index (χ4n) is 2.97. The zero-order valence-electron chi connectivity index (χ0n) is 16.2. The van der Waals surface area contributed by atoms with Gasteiger partial charge < -0.3 is 13.9 Å². The fraction of sp³-hybridized carbons (Fsp3) is 0.250. The number of carbonyl (C=O) groups excluding carboxylic acids is 1.